The van der Waals surface area contributed by atoms with Crippen LogP contribution in [0.15, 0.2) is 48.5 Å². The summed E-state index contributed by atoms with van der Waals surface area (Å²) in [5.74, 6) is -0.985. The minimum atomic E-state index is -0.402. The van der Waals surface area contributed by atoms with Crippen LogP contribution in [0.5, 0.6) is 0 Å². The van der Waals surface area contributed by atoms with Gasteiger partial charge in [-0.3, -0.25) is 9.59 Å². The van der Waals surface area contributed by atoms with Gasteiger partial charge in [0, 0.05) is 11.6 Å². The molecule has 1 aliphatic rings. The second-order valence-corrected chi connectivity index (χ2v) is 8.42. The fraction of sp³-hybridized carbons (Fsp3) is 0.304. The first kappa shape index (κ1) is 20.0. The zero-order chi connectivity index (χ0) is 20.9. The lowest BCUT2D eigenvalue weighted by Gasteiger charge is -2.28. The molecule has 1 amide bonds. The highest BCUT2D eigenvalue weighted by Crippen LogP contribution is 2.41. The van der Waals surface area contributed by atoms with Gasteiger partial charge in [-0.2, -0.15) is 5.26 Å². The normalized spacial score (nSPS) is 18.5. The number of carbonyl (C=O) groups excluding carboxylic acids is 2. The van der Waals surface area contributed by atoms with Gasteiger partial charge in [0.2, 0.25) is 0 Å². The number of para-hydroxylation sites is 1. The van der Waals surface area contributed by atoms with Gasteiger partial charge in [0.1, 0.15) is 0 Å². The predicted octanol–water partition coefficient (Wildman–Crippen LogP) is 4.62. The largest absolute Gasteiger partial charge is 0.455 e. The lowest BCUT2D eigenvalue weighted by molar-refractivity contribution is -0.153. The number of rotatable bonds is 5. The molecule has 6 nitrogen and oxygen atoms in total. The first-order chi connectivity index (χ1) is 14.6. The van der Waals surface area contributed by atoms with Gasteiger partial charge >= 0.3 is 5.97 Å². The van der Waals surface area contributed by atoms with E-state index in [4.69, 9.17) is 15.0 Å². The lowest BCUT2D eigenvalue weighted by Crippen LogP contribution is -2.30. The second kappa shape index (κ2) is 9.06. The standard InChI is InChI=1S/C23H21N3O3S/c24-13-15-9-11-16(12-10-15)25-21(27)14-29-23(28)18-6-2-1-5-17(18)22-26-19-7-3-4-8-20(19)30-22/h3-4,7-12,17-18H,1-2,5-6,14H2,(H,25,27)/t17-,18-/m1/s1. The first-order valence-corrected chi connectivity index (χ1v) is 10.8. The van der Waals surface area contributed by atoms with E-state index in [9.17, 15) is 9.59 Å². The number of nitrogens with one attached hydrogen (secondary N) is 1. The van der Waals surface area contributed by atoms with Crippen LogP contribution in [0, 0.1) is 17.2 Å². The van der Waals surface area contributed by atoms with Gasteiger partial charge in [-0.15, -0.1) is 11.3 Å². The van der Waals surface area contributed by atoms with Crippen molar-refractivity contribution >= 4 is 39.1 Å². The molecule has 1 aliphatic carbocycles. The maximum absolute atomic E-state index is 12.8. The lowest BCUT2D eigenvalue weighted by atomic mass is 9.79. The Bertz CT molecular complexity index is 1070. The molecule has 3 aromatic rings. The molecule has 0 bridgehead atoms. The summed E-state index contributed by atoms with van der Waals surface area (Å²) in [6.07, 6.45) is 3.68. The predicted molar refractivity (Wildman–Crippen MR) is 115 cm³/mol. The summed E-state index contributed by atoms with van der Waals surface area (Å²) >= 11 is 1.63. The van der Waals surface area contributed by atoms with Crippen LogP contribution in [0.25, 0.3) is 10.2 Å². The number of aromatic nitrogens is 1. The zero-order valence-electron chi connectivity index (χ0n) is 16.3. The van der Waals surface area contributed by atoms with Gasteiger partial charge in [-0.25, -0.2) is 4.98 Å². The van der Waals surface area contributed by atoms with Crippen LogP contribution in [0.4, 0.5) is 5.69 Å². The van der Waals surface area contributed by atoms with Crippen LogP contribution >= 0.6 is 11.3 Å². The number of thiazole rings is 1. The number of benzene rings is 2. The topological polar surface area (TPSA) is 92.1 Å². The Morgan fingerprint density at radius 1 is 1.13 bits per heavy atom. The Morgan fingerprint density at radius 2 is 1.90 bits per heavy atom. The first-order valence-electron chi connectivity index (χ1n) is 9.96. The third-order valence-corrected chi connectivity index (χ3v) is 6.51. The van der Waals surface area contributed by atoms with Gasteiger partial charge in [0.05, 0.1) is 32.8 Å². The molecule has 1 N–H and O–H groups in total. The molecular weight excluding hydrogens is 398 g/mol. The van der Waals surface area contributed by atoms with Crippen molar-refractivity contribution in [1.29, 1.82) is 5.26 Å². The molecule has 2 atom stereocenters. The summed E-state index contributed by atoms with van der Waals surface area (Å²) in [6.45, 7) is -0.331. The van der Waals surface area contributed by atoms with Crippen molar-refractivity contribution in [3.63, 3.8) is 0 Å². The molecule has 1 saturated carbocycles. The average Bonchev–Trinajstić information content (AvgIpc) is 3.22. The van der Waals surface area contributed by atoms with E-state index in [0.29, 0.717) is 11.3 Å². The van der Waals surface area contributed by atoms with E-state index in [1.807, 2.05) is 30.3 Å². The average molecular weight is 420 g/mol. The molecule has 0 saturated heterocycles. The molecule has 1 aromatic heterocycles. The maximum atomic E-state index is 12.8. The molecule has 30 heavy (non-hydrogen) atoms. The Labute approximate surface area is 178 Å². The van der Waals surface area contributed by atoms with E-state index < -0.39 is 5.91 Å². The smallest absolute Gasteiger partial charge is 0.310 e. The molecule has 152 valence electrons. The Hall–Kier alpha value is -3.24. The van der Waals surface area contributed by atoms with Crippen molar-refractivity contribution in [2.75, 3.05) is 11.9 Å². The van der Waals surface area contributed by atoms with E-state index in [1.54, 1.807) is 35.6 Å². The summed E-state index contributed by atoms with van der Waals surface area (Å²) in [4.78, 5) is 29.7. The SMILES string of the molecule is N#Cc1ccc(NC(=O)COC(=O)[C@@H]2CCCC[C@H]2c2nc3ccccc3s2)cc1. The minimum absolute atomic E-state index is 0.0326. The van der Waals surface area contributed by atoms with Gasteiger partial charge in [-0.1, -0.05) is 25.0 Å². The van der Waals surface area contributed by atoms with Crippen molar-refractivity contribution < 1.29 is 14.3 Å². The minimum Gasteiger partial charge on any atom is -0.455 e. The quantitative estimate of drug-likeness (QED) is 0.609. The summed E-state index contributed by atoms with van der Waals surface area (Å²) in [5.41, 5.74) is 2.02. The molecule has 0 unspecified atom stereocenters. The van der Waals surface area contributed by atoms with Gasteiger partial charge in [-0.05, 0) is 49.2 Å². The maximum Gasteiger partial charge on any atom is 0.310 e. The number of hydrogen-bond acceptors (Lipinski definition) is 6. The highest BCUT2D eigenvalue weighted by molar-refractivity contribution is 7.18. The number of nitriles is 1. The van der Waals surface area contributed by atoms with E-state index >= 15 is 0 Å². The van der Waals surface area contributed by atoms with Crippen LogP contribution in [0.3, 0.4) is 0 Å². The molecule has 2 aromatic carbocycles. The fourth-order valence-electron chi connectivity index (χ4n) is 3.83. The molecule has 0 spiro atoms. The van der Waals surface area contributed by atoms with Gasteiger partial charge in [0.25, 0.3) is 5.91 Å². The number of hydrogen-bond donors (Lipinski definition) is 1. The molecule has 1 heterocycles. The summed E-state index contributed by atoms with van der Waals surface area (Å²) < 4.78 is 6.48. The number of ether oxygens (including phenoxy) is 1. The monoisotopic (exact) mass is 419 g/mol. The second-order valence-electron chi connectivity index (χ2n) is 7.36. The molecule has 7 heteroatoms. The van der Waals surface area contributed by atoms with Crippen LogP contribution in [0.2, 0.25) is 0 Å². The van der Waals surface area contributed by atoms with Gasteiger partial charge in [0.15, 0.2) is 6.61 Å². The molecule has 0 radical (unpaired) electrons. The molecular formula is C23H21N3O3S. The van der Waals surface area contributed by atoms with E-state index in [1.165, 1.54) is 0 Å². The molecule has 1 fully saturated rings. The number of anilines is 1. The Morgan fingerprint density at radius 3 is 2.67 bits per heavy atom. The summed E-state index contributed by atoms with van der Waals surface area (Å²) in [6, 6.07) is 16.5. The van der Waals surface area contributed by atoms with Crippen molar-refractivity contribution in [3.05, 3.63) is 59.1 Å². The third-order valence-electron chi connectivity index (χ3n) is 5.34. The van der Waals surface area contributed by atoms with E-state index in [2.05, 4.69) is 5.32 Å². The number of carbonyl (C=O) groups is 2. The number of esters is 1. The zero-order valence-corrected chi connectivity index (χ0v) is 17.2. The molecule has 0 aliphatic heterocycles. The van der Waals surface area contributed by atoms with Crippen molar-refractivity contribution in [3.8, 4) is 6.07 Å². The van der Waals surface area contributed by atoms with Crippen LogP contribution in [0.1, 0.15) is 42.2 Å². The summed E-state index contributed by atoms with van der Waals surface area (Å²) in [5, 5.41) is 12.5. The van der Waals surface area contributed by atoms with Crippen molar-refractivity contribution in [2.24, 2.45) is 5.92 Å². The Kier molecular flexibility index (Phi) is 6.05. The van der Waals surface area contributed by atoms with E-state index in [0.717, 1.165) is 40.9 Å². The highest BCUT2D eigenvalue weighted by Gasteiger charge is 2.35. The number of fused-ring (bicyclic) bond motifs is 1. The van der Waals surface area contributed by atoms with Crippen LogP contribution in [-0.4, -0.2) is 23.5 Å². The van der Waals surface area contributed by atoms with Gasteiger partial charge < -0.3 is 10.1 Å². The number of nitrogens with zero attached hydrogens (tertiary/aromatic N) is 2. The van der Waals surface area contributed by atoms with Crippen LogP contribution < -0.4 is 5.32 Å². The Balaban J connectivity index is 1.38. The third kappa shape index (κ3) is 4.50. The molecule has 4 rings (SSSR count). The van der Waals surface area contributed by atoms with Crippen LogP contribution in [-0.2, 0) is 14.3 Å². The number of amides is 1. The summed E-state index contributed by atoms with van der Waals surface area (Å²) in [7, 11) is 0. The fourth-order valence-corrected chi connectivity index (χ4v) is 4.99. The van der Waals surface area contributed by atoms with E-state index in [-0.39, 0.29) is 24.4 Å². The van der Waals surface area contributed by atoms with Crippen molar-refractivity contribution in [2.45, 2.75) is 31.6 Å². The van der Waals surface area contributed by atoms with Crippen molar-refractivity contribution in [1.82, 2.24) is 4.98 Å². The highest BCUT2D eigenvalue weighted by atomic mass is 32.1.